The van der Waals surface area contributed by atoms with Crippen LogP contribution in [0, 0.1) is 0 Å². The lowest BCUT2D eigenvalue weighted by Crippen LogP contribution is -1.96. The van der Waals surface area contributed by atoms with E-state index in [-0.39, 0.29) is 5.78 Å². The second kappa shape index (κ2) is 6.77. The molecule has 0 saturated heterocycles. The highest BCUT2D eigenvalue weighted by atomic mass is 127. The zero-order valence-corrected chi connectivity index (χ0v) is 11.0. The van der Waals surface area contributed by atoms with Gasteiger partial charge in [-0.3, -0.25) is 4.79 Å². The van der Waals surface area contributed by atoms with Gasteiger partial charge >= 0.3 is 0 Å². The van der Waals surface area contributed by atoms with E-state index in [2.05, 4.69) is 29.5 Å². The van der Waals surface area contributed by atoms with Gasteiger partial charge in [-0.2, -0.15) is 0 Å². The third kappa shape index (κ3) is 4.60. The van der Waals surface area contributed by atoms with Crippen molar-refractivity contribution in [1.82, 2.24) is 0 Å². The Hall–Kier alpha value is -0.640. The van der Waals surface area contributed by atoms with Crippen molar-refractivity contribution in [3.63, 3.8) is 0 Å². The summed E-state index contributed by atoms with van der Waals surface area (Å²) in [6.07, 6.45) is 4.66. The van der Waals surface area contributed by atoms with Crippen LogP contribution in [-0.2, 0) is 4.79 Å². The molecule has 0 saturated carbocycles. The first-order valence-electron chi connectivity index (χ1n) is 5.19. The maximum Gasteiger partial charge on any atom is 0.168 e. The van der Waals surface area contributed by atoms with E-state index in [0.717, 1.165) is 22.0 Å². The Labute approximate surface area is 105 Å². The van der Waals surface area contributed by atoms with Crippen molar-refractivity contribution >= 4 is 34.5 Å². The van der Waals surface area contributed by atoms with E-state index in [1.807, 2.05) is 36.4 Å². The van der Waals surface area contributed by atoms with Crippen molar-refractivity contribution < 1.29 is 4.79 Å². The third-order valence-electron chi connectivity index (χ3n) is 2.12. The van der Waals surface area contributed by atoms with Crippen molar-refractivity contribution in [3.05, 3.63) is 39.5 Å². The molecule has 0 aliphatic rings. The summed E-state index contributed by atoms with van der Waals surface area (Å²) in [6.45, 7) is 2.10. The van der Waals surface area contributed by atoms with E-state index in [1.165, 1.54) is 0 Å². The first kappa shape index (κ1) is 12.4. The summed E-state index contributed by atoms with van der Waals surface area (Å²) in [4.78, 5) is 11.6. The number of halogens is 1. The Balaban J connectivity index is 2.63. The lowest BCUT2D eigenvalue weighted by Gasteiger charge is -1.98. The molecule has 1 aromatic carbocycles. The number of benzene rings is 1. The molecular formula is C13H15IO. The minimum Gasteiger partial charge on any atom is -0.294 e. The molecule has 0 aromatic heterocycles. The minimum absolute atomic E-state index is 0.251. The van der Waals surface area contributed by atoms with Crippen molar-refractivity contribution in [3.8, 4) is 0 Å². The summed E-state index contributed by atoms with van der Waals surface area (Å²) >= 11 is 2.12. The predicted molar refractivity (Wildman–Crippen MR) is 73.0 cm³/mol. The molecule has 0 unspecified atom stereocenters. The topological polar surface area (TPSA) is 17.1 Å². The van der Waals surface area contributed by atoms with Gasteiger partial charge in [0.25, 0.3) is 0 Å². The number of unbranched alkanes of at least 4 members (excludes halogenated alkanes) is 1. The molecule has 0 atom stereocenters. The zero-order valence-electron chi connectivity index (χ0n) is 8.87. The molecule has 0 spiro atoms. The molecule has 80 valence electrons. The molecular weight excluding hydrogens is 299 g/mol. The van der Waals surface area contributed by atoms with Crippen LogP contribution in [0.1, 0.15) is 31.7 Å². The van der Waals surface area contributed by atoms with E-state index in [1.54, 1.807) is 0 Å². The van der Waals surface area contributed by atoms with E-state index in [9.17, 15) is 4.79 Å². The smallest absolute Gasteiger partial charge is 0.168 e. The first-order chi connectivity index (χ1) is 7.24. The van der Waals surface area contributed by atoms with Crippen LogP contribution in [0.15, 0.2) is 33.9 Å². The summed E-state index contributed by atoms with van der Waals surface area (Å²) in [5.41, 5.74) is 1.09. The van der Waals surface area contributed by atoms with Gasteiger partial charge in [0.05, 0.1) is 3.58 Å². The zero-order chi connectivity index (χ0) is 11.1. The van der Waals surface area contributed by atoms with Crippen molar-refractivity contribution in [1.29, 1.82) is 0 Å². The molecule has 1 rings (SSSR count). The van der Waals surface area contributed by atoms with Crippen LogP contribution in [0.25, 0.3) is 6.08 Å². The molecule has 0 N–H and O–H groups in total. The van der Waals surface area contributed by atoms with Gasteiger partial charge in [-0.15, -0.1) is 0 Å². The Morgan fingerprint density at radius 3 is 2.60 bits per heavy atom. The van der Waals surface area contributed by atoms with Crippen LogP contribution in [0.3, 0.4) is 0 Å². The van der Waals surface area contributed by atoms with Gasteiger partial charge in [-0.05, 0) is 40.7 Å². The van der Waals surface area contributed by atoms with Crippen LogP contribution >= 0.6 is 22.6 Å². The van der Waals surface area contributed by atoms with Gasteiger partial charge in [0, 0.05) is 6.42 Å². The Kier molecular flexibility index (Phi) is 5.61. The molecule has 0 radical (unpaired) electrons. The second-order valence-corrected chi connectivity index (χ2v) is 4.59. The normalized spacial score (nSPS) is 11.5. The van der Waals surface area contributed by atoms with Gasteiger partial charge in [-0.1, -0.05) is 43.7 Å². The molecule has 1 nitrogen and oxygen atoms in total. The van der Waals surface area contributed by atoms with Gasteiger partial charge in [-0.25, -0.2) is 0 Å². The lowest BCUT2D eigenvalue weighted by molar-refractivity contribution is -0.114. The largest absolute Gasteiger partial charge is 0.294 e. The quantitative estimate of drug-likeness (QED) is 0.587. The Bertz CT molecular complexity index is 341. The Morgan fingerprint density at radius 1 is 1.33 bits per heavy atom. The average molecular weight is 314 g/mol. The van der Waals surface area contributed by atoms with Crippen molar-refractivity contribution in [2.24, 2.45) is 0 Å². The average Bonchev–Trinajstić information content (AvgIpc) is 2.27. The molecule has 2 heteroatoms. The van der Waals surface area contributed by atoms with Crippen molar-refractivity contribution in [2.75, 3.05) is 0 Å². The Morgan fingerprint density at radius 2 is 2.00 bits per heavy atom. The number of ketones is 1. The van der Waals surface area contributed by atoms with Gasteiger partial charge in [0.2, 0.25) is 0 Å². The van der Waals surface area contributed by atoms with Gasteiger partial charge in [0.15, 0.2) is 5.78 Å². The highest BCUT2D eigenvalue weighted by Crippen LogP contribution is 2.16. The molecule has 0 bridgehead atoms. The highest BCUT2D eigenvalue weighted by Gasteiger charge is 2.04. The van der Waals surface area contributed by atoms with E-state index in [4.69, 9.17) is 0 Å². The SMILES string of the molecule is CCCCC(=O)/C(I)=C\c1ccccc1. The number of carbonyl (C=O) groups excluding carboxylic acids is 1. The van der Waals surface area contributed by atoms with Crippen molar-refractivity contribution in [2.45, 2.75) is 26.2 Å². The molecule has 0 aliphatic heterocycles. The fourth-order valence-electron chi connectivity index (χ4n) is 1.23. The highest BCUT2D eigenvalue weighted by molar-refractivity contribution is 14.1. The summed E-state index contributed by atoms with van der Waals surface area (Å²) in [7, 11) is 0. The fourth-order valence-corrected chi connectivity index (χ4v) is 1.86. The second-order valence-electron chi connectivity index (χ2n) is 3.43. The number of hydrogen-bond acceptors (Lipinski definition) is 1. The monoisotopic (exact) mass is 314 g/mol. The third-order valence-corrected chi connectivity index (χ3v) is 3.03. The summed E-state index contributed by atoms with van der Waals surface area (Å²) in [6, 6.07) is 9.94. The summed E-state index contributed by atoms with van der Waals surface area (Å²) in [5.74, 6) is 0.251. The van der Waals surface area contributed by atoms with Crippen LogP contribution in [0.4, 0.5) is 0 Å². The molecule has 1 aromatic rings. The number of carbonyl (C=O) groups is 1. The van der Waals surface area contributed by atoms with E-state index in [0.29, 0.717) is 6.42 Å². The predicted octanol–water partition coefficient (Wildman–Crippen LogP) is 4.22. The number of allylic oxidation sites excluding steroid dienone is 1. The molecule has 0 aliphatic carbocycles. The molecule has 0 amide bonds. The summed E-state index contributed by atoms with van der Waals surface area (Å²) in [5, 5.41) is 0. The standard InChI is InChI=1S/C13H15IO/c1-2-3-9-13(15)12(14)10-11-7-5-4-6-8-11/h4-8,10H,2-3,9H2,1H3/b12-10+. The maximum absolute atomic E-state index is 11.6. The number of hydrogen-bond donors (Lipinski definition) is 0. The maximum atomic E-state index is 11.6. The number of Topliss-reactive ketones (excluding diaryl/α,β-unsaturated/α-hetero) is 1. The van der Waals surface area contributed by atoms with Crippen LogP contribution < -0.4 is 0 Å². The van der Waals surface area contributed by atoms with Crippen LogP contribution in [-0.4, -0.2) is 5.78 Å². The number of rotatable bonds is 5. The van der Waals surface area contributed by atoms with Gasteiger partial charge < -0.3 is 0 Å². The first-order valence-corrected chi connectivity index (χ1v) is 6.27. The molecule has 15 heavy (non-hydrogen) atoms. The van der Waals surface area contributed by atoms with E-state index < -0.39 is 0 Å². The van der Waals surface area contributed by atoms with Gasteiger partial charge in [0.1, 0.15) is 0 Å². The van der Waals surface area contributed by atoms with Crippen LogP contribution in [0.5, 0.6) is 0 Å². The van der Waals surface area contributed by atoms with E-state index >= 15 is 0 Å². The van der Waals surface area contributed by atoms with Crippen LogP contribution in [0.2, 0.25) is 0 Å². The minimum atomic E-state index is 0.251. The lowest BCUT2D eigenvalue weighted by atomic mass is 10.1. The molecule has 0 fully saturated rings. The fraction of sp³-hybridized carbons (Fsp3) is 0.308. The summed E-state index contributed by atoms with van der Waals surface area (Å²) < 4.78 is 0.826. The molecule has 0 heterocycles.